The maximum Gasteiger partial charge on any atom is 0.223 e. The predicted molar refractivity (Wildman–Crippen MR) is 82.1 cm³/mol. The van der Waals surface area contributed by atoms with Gasteiger partial charge < -0.3 is 4.74 Å². The van der Waals surface area contributed by atoms with Gasteiger partial charge in [-0.25, -0.2) is 4.98 Å². The number of ether oxygens (including phenoxy) is 1. The van der Waals surface area contributed by atoms with Crippen molar-refractivity contribution in [2.75, 3.05) is 0 Å². The lowest BCUT2D eigenvalue weighted by molar-refractivity contribution is 0.450. The second kappa shape index (κ2) is 5.33. The quantitative estimate of drug-likeness (QED) is 0.761. The fraction of sp³-hybridized carbons (Fsp3) is 0.312. The average molecular weight is 320 g/mol. The van der Waals surface area contributed by atoms with Gasteiger partial charge in [0.05, 0.1) is 0 Å². The maximum atomic E-state index is 6.05. The van der Waals surface area contributed by atoms with Crippen LogP contribution in [-0.2, 0) is 0 Å². The summed E-state index contributed by atoms with van der Waals surface area (Å²) in [6, 6.07) is 6.25. The molecule has 1 aromatic heterocycles. The number of nitrogens with zero attached hydrogens (tertiary/aromatic N) is 1. The van der Waals surface area contributed by atoms with E-state index in [2.05, 4.69) is 53.8 Å². The Balaban J connectivity index is 2.48. The number of hydrogen-bond acceptors (Lipinski definition) is 2. The van der Waals surface area contributed by atoms with E-state index in [0.717, 1.165) is 32.6 Å². The number of rotatable bonds is 2. The van der Waals surface area contributed by atoms with Crippen LogP contribution in [0.5, 0.6) is 11.6 Å². The lowest BCUT2D eigenvalue weighted by atomic mass is 10.1. The van der Waals surface area contributed by atoms with Gasteiger partial charge in [-0.3, -0.25) is 0 Å². The van der Waals surface area contributed by atoms with Crippen LogP contribution in [0.25, 0.3) is 0 Å². The molecule has 3 heteroatoms. The minimum absolute atomic E-state index is 0.668. The van der Waals surface area contributed by atoms with Gasteiger partial charge in [-0.05, 0) is 51.8 Å². The molecular formula is C16H18BrNO. The second-order valence-corrected chi connectivity index (χ2v) is 5.86. The van der Waals surface area contributed by atoms with Gasteiger partial charge in [-0.15, -0.1) is 0 Å². The first-order chi connectivity index (χ1) is 8.88. The van der Waals surface area contributed by atoms with Crippen molar-refractivity contribution >= 4 is 15.9 Å². The van der Waals surface area contributed by atoms with Gasteiger partial charge in [0.15, 0.2) is 0 Å². The average Bonchev–Trinajstić information content (AvgIpc) is 2.29. The number of pyridine rings is 1. The molecule has 0 fully saturated rings. The summed E-state index contributed by atoms with van der Waals surface area (Å²) in [5.74, 6) is 1.57. The Morgan fingerprint density at radius 3 is 2.11 bits per heavy atom. The first-order valence-electron chi connectivity index (χ1n) is 6.28. The van der Waals surface area contributed by atoms with E-state index in [-0.39, 0.29) is 0 Å². The van der Waals surface area contributed by atoms with E-state index in [1.807, 2.05) is 19.9 Å². The molecule has 0 saturated carbocycles. The van der Waals surface area contributed by atoms with Crippen molar-refractivity contribution in [3.05, 3.63) is 50.6 Å². The smallest absolute Gasteiger partial charge is 0.223 e. The summed E-state index contributed by atoms with van der Waals surface area (Å²) in [7, 11) is 0. The molecule has 0 unspecified atom stereocenters. The third-order valence-electron chi connectivity index (χ3n) is 3.10. The molecule has 0 amide bonds. The highest BCUT2D eigenvalue weighted by Crippen LogP contribution is 2.33. The zero-order valence-electron chi connectivity index (χ0n) is 12.0. The molecule has 0 aliphatic heterocycles. The standard InChI is InChI=1S/C16H18BrNO/c1-9-6-10(2)15(11(3)7-9)19-16-13(5)14(17)8-12(4)18-16/h6-8H,1-5H3. The molecule has 0 aliphatic carbocycles. The highest BCUT2D eigenvalue weighted by Gasteiger charge is 2.11. The van der Waals surface area contributed by atoms with Gasteiger partial charge in [-0.2, -0.15) is 0 Å². The van der Waals surface area contributed by atoms with Crippen molar-refractivity contribution in [3.63, 3.8) is 0 Å². The first kappa shape index (κ1) is 14.1. The molecule has 0 bridgehead atoms. The lowest BCUT2D eigenvalue weighted by Gasteiger charge is -2.14. The summed E-state index contributed by atoms with van der Waals surface area (Å²) in [5, 5.41) is 0. The molecule has 100 valence electrons. The van der Waals surface area contributed by atoms with Crippen LogP contribution in [0.15, 0.2) is 22.7 Å². The highest BCUT2D eigenvalue weighted by molar-refractivity contribution is 9.10. The van der Waals surface area contributed by atoms with Crippen LogP contribution in [0.1, 0.15) is 27.9 Å². The van der Waals surface area contributed by atoms with Crippen LogP contribution in [-0.4, -0.2) is 4.98 Å². The molecule has 0 N–H and O–H groups in total. The SMILES string of the molecule is Cc1cc(C)c(Oc2nc(C)cc(Br)c2C)c(C)c1. The molecule has 0 saturated heterocycles. The number of benzene rings is 1. The summed E-state index contributed by atoms with van der Waals surface area (Å²) in [4.78, 5) is 4.48. The molecule has 1 aromatic carbocycles. The highest BCUT2D eigenvalue weighted by atomic mass is 79.9. The summed E-state index contributed by atoms with van der Waals surface area (Å²) in [6.45, 7) is 10.2. The molecule has 0 aliphatic rings. The molecule has 0 radical (unpaired) electrons. The van der Waals surface area contributed by atoms with Gasteiger partial charge in [0.2, 0.25) is 5.88 Å². The Bertz CT molecular complexity index is 612. The van der Waals surface area contributed by atoms with Crippen LogP contribution in [0.4, 0.5) is 0 Å². The van der Waals surface area contributed by atoms with Crippen molar-refractivity contribution in [2.24, 2.45) is 0 Å². The summed E-state index contributed by atoms with van der Waals surface area (Å²) in [6.07, 6.45) is 0. The van der Waals surface area contributed by atoms with Gasteiger partial charge in [0.25, 0.3) is 0 Å². The third-order valence-corrected chi connectivity index (χ3v) is 3.92. The minimum Gasteiger partial charge on any atom is -0.438 e. The molecule has 2 rings (SSSR count). The Morgan fingerprint density at radius 2 is 1.53 bits per heavy atom. The van der Waals surface area contributed by atoms with Crippen molar-refractivity contribution in [1.82, 2.24) is 4.98 Å². The van der Waals surface area contributed by atoms with Gasteiger partial charge >= 0.3 is 0 Å². The zero-order valence-corrected chi connectivity index (χ0v) is 13.6. The molecule has 2 aromatic rings. The van der Waals surface area contributed by atoms with E-state index in [1.165, 1.54) is 5.56 Å². The van der Waals surface area contributed by atoms with Gasteiger partial charge in [0, 0.05) is 15.7 Å². The molecular weight excluding hydrogens is 302 g/mol. The van der Waals surface area contributed by atoms with E-state index in [4.69, 9.17) is 4.74 Å². The van der Waals surface area contributed by atoms with E-state index < -0.39 is 0 Å². The second-order valence-electron chi connectivity index (χ2n) is 5.01. The zero-order chi connectivity index (χ0) is 14.2. The molecule has 0 atom stereocenters. The van der Waals surface area contributed by atoms with Gasteiger partial charge in [0.1, 0.15) is 5.75 Å². The molecule has 2 nitrogen and oxygen atoms in total. The number of halogens is 1. The first-order valence-corrected chi connectivity index (χ1v) is 7.07. The van der Waals surface area contributed by atoms with E-state index in [1.54, 1.807) is 0 Å². The van der Waals surface area contributed by atoms with E-state index in [0.29, 0.717) is 5.88 Å². The van der Waals surface area contributed by atoms with Crippen molar-refractivity contribution in [1.29, 1.82) is 0 Å². The summed E-state index contributed by atoms with van der Waals surface area (Å²) < 4.78 is 7.07. The van der Waals surface area contributed by atoms with Crippen molar-refractivity contribution in [2.45, 2.75) is 34.6 Å². The number of hydrogen-bond donors (Lipinski definition) is 0. The van der Waals surface area contributed by atoms with Crippen molar-refractivity contribution < 1.29 is 4.74 Å². The fourth-order valence-corrected chi connectivity index (χ4v) is 2.69. The topological polar surface area (TPSA) is 22.1 Å². The van der Waals surface area contributed by atoms with Crippen LogP contribution in [0.2, 0.25) is 0 Å². The largest absolute Gasteiger partial charge is 0.438 e. The van der Waals surface area contributed by atoms with E-state index >= 15 is 0 Å². The third kappa shape index (κ3) is 2.98. The Kier molecular flexibility index (Phi) is 3.95. The van der Waals surface area contributed by atoms with Crippen LogP contribution in [0, 0.1) is 34.6 Å². The Hall–Kier alpha value is -1.35. The van der Waals surface area contributed by atoms with Crippen LogP contribution < -0.4 is 4.74 Å². The normalized spacial score (nSPS) is 10.6. The number of aromatic nitrogens is 1. The van der Waals surface area contributed by atoms with E-state index in [9.17, 15) is 0 Å². The maximum absolute atomic E-state index is 6.05. The minimum atomic E-state index is 0.668. The Morgan fingerprint density at radius 1 is 0.947 bits per heavy atom. The monoisotopic (exact) mass is 319 g/mol. The number of aryl methyl sites for hydroxylation is 4. The molecule has 19 heavy (non-hydrogen) atoms. The Labute approximate surface area is 123 Å². The molecule has 1 heterocycles. The van der Waals surface area contributed by atoms with Gasteiger partial charge in [-0.1, -0.05) is 33.6 Å². The molecule has 0 spiro atoms. The predicted octanol–water partition coefficient (Wildman–Crippen LogP) is 5.18. The van der Waals surface area contributed by atoms with Crippen LogP contribution in [0.3, 0.4) is 0 Å². The fourth-order valence-electron chi connectivity index (χ4n) is 2.19. The van der Waals surface area contributed by atoms with Crippen LogP contribution >= 0.6 is 15.9 Å². The summed E-state index contributed by atoms with van der Waals surface area (Å²) >= 11 is 3.54. The lowest BCUT2D eigenvalue weighted by Crippen LogP contribution is -1.98. The van der Waals surface area contributed by atoms with Crippen molar-refractivity contribution in [3.8, 4) is 11.6 Å². The summed E-state index contributed by atoms with van der Waals surface area (Å²) in [5.41, 5.74) is 5.48.